The number of rotatable bonds is 3. The zero-order valence-corrected chi connectivity index (χ0v) is 9.97. The van der Waals surface area contributed by atoms with Gasteiger partial charge in [-0.15, -0.1) is 0 Å². The molecule has 0 saturated carbocycles. The van der Waals surface area contributed by atoms with E-state index in [0.717, 1.165) is 16.4 Å². The van der Waals surface area contributed by atoms with Crippen molar-refractivity contribution >= 4 is 11.6 Å². The Morgan fingerprint density at radius 2 is 2.00 bits per heavy atom. The van der Waals surface area contributed by atoms with Crippen molar-refractivity contribution in [2.75, 3.05) is 6.54 Å². The van der Waals surface area contributed by atoms with Crippen LogP contribution in [0.5, 0.6) is 0 Å². The highest BCUT2D eigenvalue weighted by Crippen LogP contribution is 2.25. The fourth-order valence-electron chi connectivity index (χ4n) is 1.62. The monoisotopic (exact) mass is 215 g/mol. The fraction of sp³-hybridized carbons (Fsp3) is 0.700. The van der Waals surface area contributed by atoms with Gasteiger partial charge >= 0.3 is 0 Å². The molecule has 0 spiro atoms. The predicted molar refractivity (Wildman–Crippen MR) is 59.6 cm³/mol. The second kappa shape index (κ2) is 4.32. The van der Waals surface area contributed by atoms with Gasteiger partial charge in [-0.25, -0.2) is 0 Å². The molecular formula is C10H18ClN3. The second-order valence-electron chi connectivity index (χ2n) is 3.98. The number of nitrogens with zero attached hydrogens (tertiary/aromatic N) is 2. The molecule has 0 aliphatic heterocycles. The van der Waals surface area contributed by atoms with Crippen molar-refractivity contribution in [2.45, 2.75) is 33.7 Å². The Balaban J connectivity index is 3.11. The Morgan fingerprint density at radius 1 is 1.43 bits per heavy atom. The largest absolute Gasteiger partial charge is 0.328 e. The van der Waals surface area contributed by atoms with Crippen LogP contribution < -0.4 is 5.73 Å². The first kappa shape index (κ1) is 11.5. The fourth-order valence-corrected chi connectivity index (χ4v) is 1.74. The number of nitrogens with two attached hydrogens (primary N) is 1. The zero-order chi connectivity index (χ0) is 10.9. The first-order valence-electron chi connectivity index (χ1n) is 4.90. The summed E-state index contributed by atoms with van der Waals surface area (Å²) in [5, 5.41) is 5.16. The van der Waals surface area contributed by atoms with Crippen LogP contribution in [-0.2, 0) is 0 Å². The molecule has 0 saturated heterocycles. The van der Waals surface area contributed by atoms with Gasteiger partial charge in [0.2, 0.25) is 0 Å². The van der Waals surface area contributed by atoms with Gasteiger partial charge in [0.15, 0.2) is 0 Å². The van der Waals surface area contributed by atoms with E-state index in [1.807, 2.05) is 18.5 Å². The lowest BCUT2D eigenvalue weighted by Crippen LogP contribution is -2.25. The van der Waals surface area contributed by atoms with E-state index in [9.17, 15) is 0 Å². The predicted octanol–water partition coefficient (Wildman–Crippen LogP) is 2.31. The molecule has 0 unspecified atom stereocenters. The molecule has 0 aliphatic rings. The Kier molecular flexibility index (Phi) is 3.56. The minimum absolute atomic E-state index is 0.237. The summed E-state index contributed by atoms with van der Waals surface area (Å²) in [5.41, 5.74) is 7.62. The van der Waals surface area contributed by atoms with Gasteiger partial charge in [-0.1, -0.05) is 25.4 Å². The van der Waals surface area contributed by atoms with Crippen LogP contribution in [0.3, 0.4) is 0 Å². The van der Waals surface area contributed by atoms with E-state index in [2.05, 4.69) is 18.9 Å². The van der Waals surface area contributed by atoms with Gasteiger partial charge in [0.25, 0.3) is 0 Å². The molecule has 1 aromatic rings. The zero-order valence-electron chi connectivity index (χ0n) is 9.21. The van der Waals surface area contributed by atoms with Gasteiger partial charge in [-0.3, -0.25) is 4.68 Å². The molecule has 1 atom stereocenters. The third-order valence-electron chi connectivity index (χ3n) is 2.56. The summed E-state index contributed by atoms with van der Waals surface area (Å²) in [6.07, 6.45) is 0. The van der Waals surface area contributed by atoms with Gasteiger partial charge < -0.3 is 5.73 Å². The second-order valence-corrected chi connectivity index (χ2v) is 4.35. The lowest BCUT2D eigenvalue weighted by atomic mass is 10.1. The molecule has 0 fully saturated rings. The Hall–Kier alpha value is -0.540. The molecule has 1 heterocycles. The van der Waals surface area contributed by atoms with E-state index in [1.54, 1.807) is 0 Å². The summed E-state index contributed by atoms with van der Waals surface area (Å²) in [7, 11) is 0. The normalized spacial score (nSPS) is 13.6. The van der Waals surface area contributed by atoms with Crippen molar-refractivity contribution < 1.29 is 0 Å². The maximum Gasteiger partial charge on any atom is 0.0844 e. The third kappa shape index (κ3) is 1.93. The molecule has 1 aromatic heterocycles. The third-order valence-corrected chi connectivity index (χ3v) is 3.11. The SMILES string of the molecule is Cc1nn([C@@H](CN)C(C)C)c(C)c1Cl. The van der Waals surface area contributed by atoms with Crippen LogP contribution in [0.15, 0.2) is 0 Å². The van der Waals surface area contributed by atoms with Crippen molar-refractivity contribution in [1.29, 1.82) is 0 Å². The highest BCUT2D eigenvalue weighted by Gasteiger charge is 2.19. The van der Waals surface area contributed by atoms with E-state index < -0.39 is 0 Å². The van der Waals surface area contributed by atoms with E-state index in [-0.39, 0.29) is 6.04 Å². The van der Waals surface area contributed by atoms with E-state index >= 15 is 0 Å². The van der Waals surface area contributed by atoms with Crippen molar-refractivity contribution in [1.82, 2.24) is 9.78 Å². The van der Waals surface area contributed by atoms with Crippen molar-refractivity contribution in [3.8, 4) is 0 Å². The summed E-state index contributed by atoms with van der Waals surface area (Å²) in [6, 6.07) is 0.237. The minimum Gasteiger partial charge on any atom is -0.328 e. The van der Waals surface area contributed by atoms with Crippen LogP contribution in [0, 0.1) is 19.8 Å². The molecule has 0 bridgehead atoms. The molecule has 4 heteroatoms. The van der Waals surface area contributed by atoms with Crippen molar-refractivity contribution in [3.63, 3.8) is 0 Å². The highest BCUT2D eigenvalue weighted by atomic mass is 35.5. The highest BCUT2D eigenvalue weighted by molar-refractivity contribution is 6.31. The van der Waals surface area contributed by atoms with E-state index in [0.29, 0.717) is 12.5 Å². The first-order valence-corrected chi connectivity index (χ1v) is 5.28. The quantitative estimate of drug-likeness (QED) is 0.841. The van der Waals surface area contributed by atoms with Crippen LogP contribution in [0.2, 0.25) is 5.02 Å². The van der Waals surface area contributed by atoms with Crippen LogP contribution in [0.1, 0.15) is 31.3 Å². The number of hydrogen-bond acceptors (Lipinski definition) is 2. The van der Waals surface area contributed by atoms with E-state index in [4.69, 9.17) is 17.3 Å². The minimum atomic E-state index is 0.237. The molecular weight excluding hydrogens is 198 g/mol. The lowest BCUT2D eigenvalue weighted by molar-refractivity contribution is 0.348. The molecule has 3 nitrogen and oxygen atoms in total. The smallest absolute Gasteiger partial charge is 0.0844 e. The average Bonchev–Trinajstić information content (AvgIpc) is 2.35. The summed E-state index contributed by atoms with van der Waals surface area (Å²) >= 11 is 6.08. The lowest BCUT2D eigenvalue weighted by Gasteiger charge is -2.20. The Labute approximate surface area is 90.2 Å². The molecule has 0 radical (unpaired) electrons. The molecule has 2 N–H and O–H groups in total. The Morgan fingerprint density at radius 3 is 2.29 bits per heavy atom. The van der Waals surface area contributed by atoms with Crippen molar-refractivity contribution in [3.05, 3.63) is 16.4 Å². The van der Waals surface area contributed by atoms with Crippen LogP contribution in [0.4, 0.5) is 0 Å². The number of aromatic nitrogens is 2. The first-order chi connectivity index (χ1) is 6.49. The van der Waals surface area contributed by atoms with Crippen molar-refractivity contribution in [2.24, 2.45) is 11.7 Å². The average molecular weight is 216 g/mol. The molecule has 0 aliphatic carbocycles. The standard InChI is InChI=1S/C10H18ClN3/c1-6(2)9(5-12)14-8(4)10(11)7(3)13-14/h6,9H,5,12H2,1-4H3/t9-/m0/s1. The Bertz CT molecular complexity index is 317. The van der Waals surface area contributed by atoms with Gasteiger partial charge in [0.05, 0.1) is 22.5 Å². The summed E-state index contributed by atoms with van der Waals surface area (Å²) < 4.78 is 1.95. The van der Waals surface area contributed by atoms with E-state index in [1.165, 1.54) is 0 Å². The van der Waals surface area contributed by atoms with Gasteiger partial charge in [-0.05, 0) is 19.8 Å². The van der Waals surface area contributed by atoms with Gasteiger partial charge in [0.1, 0.15) is 0 Å². The molecule has 1 rings (SSSR count). The van der Waals surface area contributed by atoms with Gasteiger partial charge in [0, 0.05) is 6.54 Å². The number of aryl methyl sites for hydroxylation is 1. The topological polar surface area (TPSA) is 43.8 Å². The van der Waals surface area contributed by atoms with Crippen LogP contribution in [-0.4, -0.2) is 16.3 Å². The maximum atomic E-state index is 6.08. The van der Waals surface area contributed by atoms with Gasteiger partial charge in [-0.2, -0.15) is 5.10 Å². The number of halogens is 1. The maximum absolute atomic E-state index is 6.08. The number of hydrogen-bond donors (Lipinski definition) is 1. The molecule has 14 heavy (non-hydrogen) atoms. The summed E-state index contributed by atoms with van der Waals surface area (Å²) in [6.45, 7) is 8.77. The summed E-state index contributed by atoms with van der Waals surface area (Å²) in [5.74, 6) is 0.467. The van der Waals surface area contributed by atoms with Crippen LogP contribution >= 0.6 is 11.6 Å². The molecule has 80 valence electrons. The van der Waals surface area contributed by atoms with Crippen LogP contribution in [0.25, 0.3) is 0 Å². The summed E-state index contributed by atoms with van der Waals surface area (Å²) in [4.78, 5) is 0. The molecule has 0 aromatic carbocycles. The molecule has 0 amide bonds.